The summed E-state index contributed by atoms with van der Waals surface area (Å²) in [7, 11) is 0. The highest BCUT2D eigenvalue weighted by molar-refractivity contribution is 6.33. The largest absolute Gasteiger partial charge is 0.475 e. The van der Waals surface area contributed by atoms with Gasteiger partial charge in [0.15, 0.2) is 0 Å². The maximum Gasteiger partial charge on any atom is 0.218 e. The third-order valence-electron chi connectivity index (χ3n) is 3.01. The predicted octanol–water partition coefficient (Wildman–Crippen LogP) is 4.02. The summed E-state index contributed by atoms with van der Waals surface area (Å²) >= 11 is 6.07. The lowest BCUT2D eigenvalue weighted by molar-refractivity contribution is 0.230. The van der Waals surface area contributed by atoms with Crippen LogP contribution in [0.5, 0.6) is 5.88 Å². The van der Waals surface area contributed by atoms with Gasteiger partial charge in [-0.3, -0.25) is 0 Å². The first kappa shape index (κ1) is 15.4. The number of hydrogen-bond acceptors (Lipinski definition) is 4. The summed E-state index contributed by atoms with van der Waals surface area (Å²) < 4.78 is 5.71. The Kier molecular flexibility index (Phi) is 4.91. The number of rotatable bonds is 5. The summed E-state index contributed by atoms with van der Waals surface area (Å²) in [4.78, 5) is 4.28. The van der Waals surface area contributed by atoms with Crippen molar-refractivity contribution in [1.82, 2.24) is 4.98 Å². The minimum atomic E-state index is 0.0892. The number of nitrogen functional groups attached to an aromatic ring is 1. The van der Waals surface area contributed by atoms with Crippen LogP contribution in [0.3, 0.4) is 0 Å². The first-order chi connectivity index (χ1) is 9.97. The molecule has 0 aliphatic heterocycles. The molecule has 112 valence electrons. The van der Waals surface area contributed by atoms with Crippen LogP contribution < -0.4 is 15.8 Å². The van der Waals surface area contributed by atoms with Crippen molar-refractivity contribution >= 4 is 23.0 Å². The fourth-order valence-corrected chi connectivity index (χ4v) is 2.14. The first-order valence-electron chi connectivity index (χ1n) is 6.87. The van der Waals surface area contributed by atoms with Crippen LogP contribution in [0.15, 0.2) is 30.5 Å². The van der Waals surface area contributed by atoms with Crippen LogP contribution in [0.4, 0.5) is 11.4 Å². The molecule has 3 N–H and O–H groups in total. The Balaban J connectivity index is 2.15. The van der Waals surface area contributed by atoms with E-state index in [4.69, 9.17) is 22.1 Å². The van der Waals surface area contributed by atoms with Gasteiger partial charge in [0.2, 0.25) is 5.88 Å². The SMILES string of the molecule is Cc1cc(N)c(Cl)cc1NCc1cccnc1OC(C)C. The molecule has 0 amide bonds. The topological polar surface area (TPSA) is 60.2 Å². The van der Waals surface area contributed by atoms with E-state index in [1.54, 1.807) is 6.20 Å². The minimum absolute atomic E-state index is 0.0892. The lowest BCUT2D eigenvalue weighted by Crippen LogP contribution is -2.11. The van der Waals surface area contributed by atoms with Gasteiger partial charge < -0.3 is 15.8 Å². The molecule has 0 fully saturated rings. The van der Waals surface area contributed by atoms with Crippen LogP contribution in [0.2, 0.25) is 5.02 Å². The molecule has 0 saturated carbocycles. The van der Waals surface area contributed by atoms with Gasteiger partial charge in [0.25, 0.3) is 0 Å². The standard InChI is InChI=1S/C16H20ClN3O/c1-10(2)21-16-12(5-4-6-19-16)9-20-15-8-13(17)14(18)7-11(15)3/h4-8,10,20H,9,18H2,1-3H3. The Morgan fingerprint density at radius 1 is 1.38 bits per heavy atom. The Labute approximate surface area is 130 Å². The number of pyridine rings is 1. The van der Waals surface area contributed by atoms with Gasteiger partial charge >= 0.3 is 0 Å². The summed E-state index contributed by atoms with van der Waals surface area (Å²) in [6.07, 6.45) is 1.82. The zero-order chi connectivity index (χ0) is 15.4. The van der Waals surface area contributed by atoms with Gasteiger partial charge in [-0.15, -0.1) is 0 Å². The molecule has 21 heavy (non-hydrogen) atoms. The molecule has 4 nitrogen and oxygen atoms in total. The van der Waals surface area contributed by atoms with E-state index in [-0.39, 0.29) is 6.10 Å². The van der Waals surface area contributed by atoms with Crippen molar-refractivity contribution < 1.29 is 4.74 Å². The van der Waals surface area contributed by atoms with Crippen LogP contribution in [-0.2, 0) is 6.54 Å². The quantitative estimate of drug-likeness (QED) is 0.819. The van der Waals surface area contributed by atoms with Crippen molar-refractivity contribution in [3.05, 3.63) is 46.6 Å². The molecule has 1 aromatic carbocycles. The monoisotopic (exact) mass is 305 g/mol. The van der Waals surface area contributed by atoms with E-state index in [9.17, 15) is 0 Å². The van der Waals surface area contributed by atoms with Gasteiger partial charge in [-0.1, -0.05) is 17.7 Å². The van der Waals surface area contributed by atoms with Crippen molar-refractivity contribution in [1.29, 1.82) is 0 Å². The summed E-state index contributed by atoms with van der Waals surface area (Å²) in [5.74, 6) is 0.652. The van der Waals surface area contributed by atoms with Crippen LogP contribution >= 0.6 is 11.6 Å². The first-order valence-corrected chi connectivity index (χ1v) is 7.25. The number of ether oxygens (including phenoxy) is 1. The number of nitrogens with two attached hydrogens (primary N) is 1. The zero-order valence-electron chi connectivity index (χ0n) is 12.5. The Bertz CT molecular complexity index is 629. The summed E-state index contributed by atoms with van der Waals surface area (Å²) in [5, 5.41) is 3.90. The molecule has 0 unspecified atom stereocenters. The second-order valence-electron chi connectivity index (χ2n) is 5.18. The van der Waals surface area contributed by atoms with Gasteiger partial charge in [0.1, 0.15) is 0 Å². The van der Waals surface area contributed by atoms with Crippen molar-refractivity contribution in [2.75, 3.05) is 11.1 Å². The third-order valence-corrected chi connectivity index (χ3v) is 3.34. The second kappa shape index (κ2) is 6.68. The average Bonchev–Trinajstić information content (AvgIpc) is 2.42. The van der Waals surface area contributed by atoms with Crippen molar-refractivity contribution in [3.63, 3.8) is 0 Å². The number of nitrogens with zero attached hydrogens (tertiary/aromatic N) is 1. The number of anilines is 2. The molecule has 0 saturated heterocycles. The molecular weight excluding hydrogens is 286 g/mol. The summed E-state index contributed by atoms with van der Waals surface area (Å²) in [6.45, 7) is 6.56. The number of aromatic nitrogens is 1. The zero-order valence-corrected chi connectivity index (χ0v) is 13.2. The molecule has 2 rings (SSSR count). The number of nitrogens with one attached hydrogen (secondary N) is 1. The van der Waals surface area contributed by atoms with Crippen molar-refractivity contribution in [2.24, 2.45) is 0 Å². The van der Waals surface area contributed by atoms with E-state index in [1.165, 1.54) is 0 Å². The van der Waals surface area contributed by atoms with Crippen LogP contribution in [0, 0.1) is 6.92 Å². The average molecular weight is 306 g/mol. The van der Waals surface area contributed by atoms with E-state index < -0.39 is 0 Å². The minimum Gasteiger partial charge on any atom is -0.475 e. The molecule has 0 bridgehead atoms. The molecule has 0 radical (unpaired) electrons. The molecule has 1 aromatic heterocycles. The predicted molar refractivity (Wildman–Crippen MR) is 87.9 cm³/mol. The van der Waals surface area contributed by atoms with Crippen LogP contribution in [-0.4, -0.2) is 11.1 Å². The molecule has 0 aliphatic rings. The second-order valence-corrected chi connectivity index (χ2v) is 5.58. The maximum absolute atomic E-state index is 6.07. The van der Waals surface area contributed by atoms with Gasteiger partial charge in [0.05, 0.1) is 16.8 Å². The molecule has 0 aliphatic carbocycles. The fraction of sp³-hybridized carbons (Fsp3) is 0.312. The van der Waals surface area contributed by atoms with Crippen LogP contribution in [0.1, 0.15) is 25.0 Å². The molecule has 0 atom stereocenters. The summed E-state index contributed by atoms with van der Waals surface area (Å²) in [5.41, 5.74) is 9.37. The van der Waals surface area contributed by atoms with Crippen molar-refractivity contribution in [2.45, 2.75) is 33.4 Å². The van der Waals surface area contributed by atoms with Gasteiger partial charge in [-0.2, -0.15) is 0 Å². The number of halogens is 1. The van der Waals surface area contributed by atoms with Gasteiger partial charge in [-0.25, -0.2) is 4.98 Å². The van der Waals surface area contributed by atoms with E-state index in [1.807, 2.05) is 45.0 Å². The Morgan fingerprint density at radius 3 is 2.86 bits per heavy atom. The molecule has 2 aromatic rings. The van der Waals surface area contributed by atoms with Gasteiger partial charge in [0, 0.05) is 24.0 Å². The van der Waals surface area contributed by atoms with E-state index >= 15 is 0 Å². The highest BCUT2D eigenvalue weighted by Crippen LogP contribution is 2.27. The molecule has 1 heterocycles. The van der Waals surface area contributed by atoms with E-state index in [0.29, 0.717) is 23.1 Å². The highest BCUT2D eigenvalue weighted by Gasteiger charge is 2.08. The number of aryl methyl sites for hydroxylation is 1. The van der Waals surface area contributed by atoms with Crippen molar-refractivity contribution in [3.8, 4) is 5.88 Å². The number of benzene rings is 1. The highest BCUT2D eigenvalue weighted by atomic mass is 35.5. The van der Waals surface area contributed by atoms with E-state index in [0.717, 1.165) is 16.8 Å². The normalized spacial score (nSPS) is 10.7. The maximum atomic E-state index is 6.07. The summed E-state index contributed by atoms with van der Waals surface area (Å²) in [6, 6.07) is 7.59. The third kappa shape index (κ3) is 4.02. The number of hydrogen-bond donors (Lipinski definition) is 2. The Hall–Kier alpha value is -1.94. The molecular formula is C16H20ClN3O. The van der Waals surface area contributed by atoms with E-state index in [2.05, 4.69) is 10.3 Å². The fourth-order valence-electron chi connectivity index (χ4n) is 1.97. The Morgan fingerprint density at radius 2 is 2.14 bits per heavy atom. The molecule has 5 heteroatoms. The van der Waals surface area contributed by atoms with Gasteiger partial charge in [-0.05, 0) is 44.5 Å². The molecule has 0 spiro atoms. The lowest BCUT2D eigenvalue weighted by atomic mass is 10.1. The lowest BCUT2D eigenvalue weighted by Gasteiger charge is -2.15. The van der Waals surface area contributed by atoms with Crippen LogP contribution in [0.25, 0.3) is 0 Å². The smallest absolute Gasteiger partial charge is 0.218 e.